The number of hydrogen-bond acceptors (Lipinski definition) is 4. The van der Waals surface area contributed by atoms with E-state index in [4.69, 9.17) is 5.11 Å². The molecule has 0 saturated carbocycles. The first-order valence-corrected chi connectivity index (χ1v) is 5.48. The number of nitrogens with one attached hydrogen (secondary N) is 1. The number of aromatic nitrogens is 2. The molecule has 0 bridgehead atoms. The number of benzene rings is 1. The SMILES string of the molecule is Cc1cccc(Nc2nnccc2C(=O)O)c1C. The molecule has 0 spiro atoms. The molecule has 0 fully saturated rings. The van der Waals surface area contributed by atoms with Gasteiger partial charge in [0.2, 0.25) is 0 Å². The molecule has 2 N–H and O–H groups in total. The fraction of sp³-hybridized carbons (Fsp3) is 0.154. The van der Waals surface area contributed by atoms with E-state index in [1.54, 1.807) is 0 Å². The van der Waals surface area contributed by atoms with Crippen molar-refractivity contribution < 1.29 is 9.90 Å². The van der Waals surface area contributed by atoms with Crippen LogP contribution in [-0.4, -0.2) is 21.3 Å². The molecule has 0 aliphatic carbocycles. The van der Waals surface area contributed by atoms with E-state index in [0.717, 1.165) is 16.8 Å². The van der Waals surface area contributed by atoms with Gasteiger partial charge in [-0.05, 0) is 37.1 Å². The average molecular weight is 243 g/mol. The van der Waals surface area contributed by atoms with Crippen LogP contribution in [0.2, 0.25) is 0 Å². The first kappa shape index (κ1) is 12.0. The Morgan fingerprint density at radius 3 is 2.78 bits per heavy atom. The van der Waals surface area contributed by atoms with E-state index < -0.39 is 5.97 Å². The minimum absolute atomic E-state index is 0.103. The van der Waals surface area contributed by atoms with Crippen LogP contribution >= 0.6 is 0 Å². The van der Waals surface area contributed by atoms with Crippen LogP contribution in [0.4, 0.5) is 11.5 Å². The fourth-order valence-corrected chi connectivity index (χ4v) is 1.61. The van der Waals surface area contributed by atoms with Crippen molar-refractivity contribution >= 4 is 17.5 Å². The number of nitrogens with zero attached hydrogens (tertiary/aromatic N) is 2. The molecule has 1 aromatic heterocycles. The van der Waals surface area contributed by atoms with Gasteiger partial charge in [0.15, 0.2) is 5.82 Å². The quantitative estimate of drug-likeness (QED) is 0.866. The molecule has 1 aromatic carbocycles. The molecule has 0 saturated heterocycles. The number of rotatable bonds is 3. The number of aryl methyl sites for hydroxylation is 1. The maximum atomic E-state index is 11.1. The largest absolute Gasteiger partial charge is 0.478 e. The van der Waals surface area contributed by atoms with Crippen molar-refractivity contribution in [3.05, 3.63) is 47.2 Å². The van der Waals surface area contributed by atoms with Crippen LogP contribution in [0.25, 0.3) is 0 Å². The van der Waals surface area contributed by atoms with E-state index >= 15 is 0 Å². The van der Waals surface area contributed by atoms with Crippen molar-refractivity contribution in [2.75, 3.05) is 5.32 Å². The van der Waals surface area contributed by atoms with Gasteiger partial charge in [-0.3, -0.25) is 0 Å². The highest BCUT2D eigenvalue weighted by atomic mass is 16.4. The van der Waals surface area contributed by atoms with Crippen molar-refractivity contribution in [3.8, 4) is 0 Å². The second kappa shape index (κ2) is 4.83. The Labute approximate surface area is 104 Å². The second-order valence-electron chi connectivity index (χ2n) is 3.97. The van der Waals surface area contributed by atoms with Gasteiger partial charge >= 0.3 is 5.97 Å². The third kappa shape index (κ3) is 2.29. The smallest absolute Gasteiger partial charge is 0.339 e. The molecule has 1 heterocycles. The molecule has 92 valence electrons. The number of hydrogen-bond donors (Lipinski definition) is 2. The lowest BCUT2D eigenvalue weighted by Crippen LogP contribution is -2.06. The van der Waals surface area contributed by atoms with Gasteiger partial charge in [-0.15, -0.1) is 5.10 Å². The summed E-state index contributed by atoms with van der Waals surface area (Å²) in [5, 5.41) is 19.6. The van der Waals surface area contributed by atoms with Crippen LogP contribution < -0.4 is 5.32 Å². The second-order valence-corrected chi connectivity index (χ2v) is 3.97. The number of carbonyl (C=O) groups is 1. The van der Waals surface area contributed by atoms with Crippen molar-refractivity contribution in [1.29, 1.82) is 0 Å². The molecular formula is C13H13N3O2. The zero-order valence-electron chi connectivity index (χ0n) is 10.1. The molecule has 5 heteroatoms. The van der Waals surface area contributed by atoms with Crippen molar-refractivity contribution in [1.82, 2.24) is 10.2 Å². The van der Waals surface area contributed by atoms with Crippen molar-refractivity contribution in [3.63, 3.8) is 0 Å². The van der Waals surface area contributed by atoms with E-state index in [2.05, 4.69) is 15.5 Å². The highest BCUT2D eigenvalue weighted by Crippen LogP contribution is 2.23. The lowest BCUT2D eigenvalue weighted by atomic mass is 10.1. The van der Waals surface area contributed by atoms with Gasteiger partial charge in [-0.1, -0.05) is 12.1 Å². The van der Waals surface area contributed by atoms with Crippen molar-refractivity contribution in [2.24, 2.45) is 0 Å². The highest BCUT2D eigenvalue weighted by Gasteiger charge is 2.12. The van der Waals surface area contributed by atoms with Crippen LogP contribution in [0.15, 0.2) is 30.5 Å². The summed E-state index contributed by atoms with van der Waals surface area (Å²) in [7, 11) is 0. The van der Waals surface area contributed by atoms with E-state index in [-0.39, 0.29) is 11.4 Å². The molecular weight excluding hydrogens is 230 g/mol. The zero-order chi connectivity index (χ0) is 13.1. The summed E-state index contributed by atoms with van der Waals surface area (Å²) < 4.78 is 0. The molecule has 2 aromatic rings. The standard InChI is InChI=1S/C13H13N3O2/c1-8-4-3-5-11(9(8)2)15-12-10(13(17)18)6-7-14-16-12/h3-7H,1-2H3,(H,15,16)(H,17,18). The number of carboxylic acids is 1. The van der Waals surface area contributed by atoms with Gasteiger partial charge in [0.25, 0.3) is 0 Å². The van der Waals surface area contributed by atoms with Gasteiger partial charge in [-0.2, -0.15) is 5.10 Å². The van der Waals surface area contributed by atoms with Crippen LogP contribution in [0.5, 0.6) is 0 Å². The zero-order valence-corrected chi connectivity index (χ0v) is 10.1. The maximum absolute atomic E-state index is 11.1. The third-order valence-electron chi connectivity index (χ3n) is 2.81. The van der Waals surface area contributed by atoms with Gasteiger partial charge < -0.3 is 10.4 Å². The van der Waals surface area contributed by atoms with Crippen molar-refractivity contribution in [2.45, 2.75) is 13.8 Å². The Bertz CT molecular complexity index is 597. The summed E-state index contributed by atoms with van der Waals surface area (Å²) >= 11 is 0. The molecule has 0 atom stereocenters. The first-order valence-electron chi connectivity index (χ1n) is 5.48. The van der Waals surface area contributed by atoms with Crippen LogP contribution in [0.3, 0.4) is 0 Å². The number of carboxylic acid groups (broad SMARTS) is 1. The summed E-state index contributed by atoms with van der Waals surface area (Å²) in [6, 6.07) is 7.20. The van der Waals surface area contributed by atoms with E-state index in [0.29, 0.717) is 0 Å². The summed E-state index contributed by atoms with van der Waals surface area (Å²) in [5.41, 5.74) is 3.11. The Hall–Kier alpha value is -2.43. The minimum atomic E-state index is -1.03. The molecule has 0 unspecified atom stereocenters. The molecule has 2 rings (SSSR count). The predicted molar refractivity (Wildman–Crippen MR) is 68.2 cm³/mol. The summed E-state index contributed by atoms with van der Waals surface area (Å²) in [6.07, 6.45) is 1.36. The Morgan fingerprint density at radius 1 is 1.28 bits per heavy atom. The average Bonchev–Trinajstić information content (AvgIpc) is 2.35. The lowest BCUT2D eigenvalue weighted by Gasteiger charge is -2.11. The number of aromatic carboxylic acids is 1. The van der Waals surface area contributed by atoms with Crippen LogP contribution in [-0.2, 0) is 0 Å². The normalized spacial score (nSPS) is 10.1. The minimum Gasteiger partial charge on any atom is -0.478 e. The van der Waals surface area contributed by atoms with Gasteiger partial charge in [-0.25, -0.2) is 4.79 Å². The summed E-state index contributed by atoms with van der Waals surface area (Å²) in [5.74, 6) is -0.781. The third-order valence-corrected chi connectivity index (χ3v) is 2.81. The first-order chi connectivity index (χ1) is 8.59. The molecule has 18 heavy (non-hydrogen) atoms. The monoisotopic (exact) mass is 243 g/mol. The lowest BCUT2D eigenvalue weighted by molar-refractivity contribution is 0.0697. The van der Waals surface area contributed by atoms with E-state index in [9.17, 15) is 4.79 Å². The summed E-state index contributed by atoms with van der Waals surface area (Å²) in [6.45, 7) is 3.96. The molecule has 0 aliphatic rings. The number of anilines is 2. The maximum Gasteiger partial charge on any atom is 0.339 e. The fourth-order valence-electron chi connectivity index (χ4n) is 1.61. The van der Waals surface area contributed by atoms with Gasteiger partial charge in [0.05, 0.1) is 6.20 Å². The molecule has 0 radical (unpaired) electrons. The Kier molecular flexibility index (Phi) is 3.23. The van der Waals surface area contributed by atoms with Crippen LogP contribution in [0.1, 0.15) is 21.5 Å². The Morgan fingerprint density at radius 2 is 2.06 bits per heavy atom. The summed E-state index contributed by atoms with van der Waals surface area (Å²) in [4.78, 5) is 11.1. The van der Waals surface area contributed by atoms with E-state index in [1.165, 1.54) is 12.3 Å². The Balaban J connectivity index is 2.40. The van der Waals surface area contributed by atoms with E-state index in [1.807, 2.05) is 32.0 Å². The molecule has 0 amide bonds. The van der Waals surface area contributed by atoms with Gasteiger partial charge in [0.1, 0.15) is 5.56 Å². The topological polar surface area (TPSA) is 75.1 Å². The predicted octanol–water partition coefficient (Wildman–Crippen LogP) is 2.54. The van der Waals surface area contributed by atoms with Gasteiger partial charge in [0, 0.05) is 5.69 Å². The highest BCUT2D eigenvalue weighted by molar-refractivity contribution is 5.93. The molecule has 0 aliphatic heterocycles. The van der Waals surface area contributed by atoms with Crippen LogP contribution in [0, 0.1) is 13.8 Å². The molecule has 5 nitrogen and oxygen atoms in total.